The van der Waals surface area contributed by atoms with Crippen LogP contribution in [-0.4, -0.2) is 52.5 Å². The first-order chi connectivity index (χ1) is 13.0. The van der Waals surface area contributed by atoms with Crippen molar-refractivity contribution in [2.75, 3.05) is 31.1 Å². The number of hydrogen-bond acceptors (Lipinski definition) is 5. The van der Waals surface area contributed by atoms with Crippen LogP contribution in [0.15, 0.2) is 30.7 Å². The van der Waals surface area contributed by atoms with E-state index >= 15 is 0 Å². The number of nitrogens with zero attached hydrogens (tertiary/aromatic N) is 4. The molecule has 2 N–H and O–H groups in total. The number of carbonyl (C=O) groups excluding carboxylic acids is 2. The lowest BCUT2D eigenvalue weighted by Crippen LogP contribution is -2.48. The molecule has 144 valence electrons. The van der Waals surface area contributed by atoms with Crippen molar-refractivity contribution in [3.05, 3.63) is 42.1 Å². The molecule has 0 aromatic carbocycles. The van der Waals surface area contributed by atoms with E-state index in [-0.39, 0.29) is 11.8 Å². The van der Waals surface area contributed by atoms with Gasteiger partial charge in [-0.3, -0.25) is 9.59 Å². The van der Waals surface area contributed by atoms with Gasteiger partial charge in [0.2, 0.25) is 5.91 Å². The molecule has 0 unspecified atom stereocenters. The average molecular weight is 370 g/mol. The van der Waals surface area contributed by atoms with E-state index in [1.54, 1.807) is 18.3 Å². The van der Waals surface area contributed by atoms with Crippen LogP contribution in [0.25, 0.3) is 0 Å². The summed E-state index contributed by atoms with van der Waals surface area (Å²) in [5, 5.41) is 5.71. The van der Waals surface area contributed by atoms with Gasteiger partial charge in [-0.2, -0.15) is 0 Å². The van der Waals surface area contributed by atoms with Gasteiger partial charge in [-0.15, -0.1) is 0 Å². The maximum Gasteiger partial charge on any atom is 0.252 e. The summed E-state index contributed by atoms with van der Waals surface area (Å²) in [4.78, 5) is 34.3. The molecule has 27 heavy (non-hydrogen) atoms. The van der Waals surface area contributed by atoms with E-state index in [2.05, 4.69) is 39.0 Å². The number of amides is 2. The predicted molar refractivity (Wildman–Crippen MR) is 103 cm³/mol. The molecule has 0 radical (unpaired) electrons. The Morgan fingerprint density at radius 2 is 2.19 bits per heavy atom. The smallest absolute Gasteiger partial charge is 0.252 e. The van der Waals surface area contributed by atoms with Crippen LogP contribution in [-0.2, 0) is 11.3 Å². The van der Waals surface area contributed by atoms with Crippen molar-refractivity contribution in [1.29, 1.82) is 0 Å². The highest BCUT2D eigenvalue weighted by molar-refractivity contribution is 5.94. The first kappa shape index (κ1) is 18.9. The highest BCUT2D eigenvalue weighted by atomic mass is 16.2. The summed E-state index contributed by atoms with van der Waals surface area (Å²) >= 11 is 0. The minimum Gasteiger partial charge on any atom is -0.353 e. The number of piperazine rings is 1. The summed E-state index contributed by atoms with van der Waals surface area (Å²) in [5.41, 5.74) is 0.519. The molecular weight excluding hydrogens is 344 g/mol. The van der Waals surface area contributed by atoms with Gasteiger partial charge < -0.3 is 20.1 Å². The quantitative estimate of drug-likeness (QED) is 0.714. The van der Waals surface area contributed by atoms with Crippen molar-refractivity contribution < 1.29 is 9.59 Å². The number of imidazole rings is 1. The van der Waals surface area contributed by atoms with Crippen molar-refractivity contribution in [3.63, 3.8) is 0 Å². The van der Waals surface area contributed by atoms with E-state index in [9.17, 15) is 9.59 Å². The summed E-state index contributed by atoms with van der Waals surface area (Å²) < 4.78 is 2.13. The van der Waals surface area contributed by atoms with Gasteiger partial charge in [0.05, 0.1) is 12.1 Å². The Balaban J connectivity index is 1.46. The van der Waals surface area contributed by atoms with Crippen molar-refractivity contribution in [1.82, 2.24) is 25.2 Å². The minimum atomic E-state index is -0.139. The minimum absolute atomic E-state index is 0.0108. The summed E-state index contributed by atoms with van der Waals surface area (Å²) in [5.74, 6) is 2.00. The summed E-state index contributed by atoms with van der Waals surface area (Å²) in [6.45, 7) is 7.27. The lowest BCUT2D eigenvalue weighted by atomic mass is 10.2. The Hall–Kier alpha value is -2.90. The second kappa shape index (κ2) is 8.66. The highest BCUT2D eigenvalue weighted by Gasteiger charge is 2.17. The lowest BCUT2D eigenvalue weighted by molar-refractivity contribution is -0.120. The van der Waals surface area contributed by atoms with Gasteiger partial charge in [0.25, 0.3) is 5.91 Å². The standard InChI is InChI=1S/C19H26N6O2/c1-14(2)18-21-8-10-24(18)9-3-6-22-19(27)15-4-5-16(23-12-15)25-11-7-20-17(26)13-25/h4-5,8,10,12,14H,3,6-7,9,11,13H2,1-2H3,(H,20,26)(H,22,27). The van der Waals surface area contributed by atoms with Crippen LogP contribution in [0.4, 0.5) is 5.82 Å². The second-order valence-electron chi connectivity index (χ2n) is 6.92. The lowest BCUT2D eigenvalue weighted by Gasteiger charge is -2.27. The van der Waals surface area contributed by atoms with Gasteiger partial charge in [-0.1, -0.05) is 13.8 Å². The zero-order valence-corrected chi connectivity index (χ0v) is 15.8. The molecule has 1 aliphatic rings. The van der Waals surface area contributed by atoms with Gasteiger partial charge in [-0.05, 0) is 18.6 Å². The number of nitrogens with one attached hydrogen (secondary N) is 2. The molecule has 8 nitrogen and oxygen atoms in total. The molecule has 3 heterocycles. The van der Waals surface area contributed by atoms with Crippen LogP contribution in [0, 0.1) is 0 Å². The number of aryl methyl sites for hydroxylation is 1. The second-order valence-corrected chi connectivity index (χ2v) is 6.92. The number of rotatable bonds is 7. The fraction of sp³-hybridized carbons (Fsp3) is 0.474. The van der Waals surface area contributed by atoms with Crippen LogP contribution in [0.3, 0.4) is 0 Å². The third-order valence-electron chi connectivity index (χ3n) is 4.50. The van der Waals surface area contributed by atoms with Crippen LogP contribution in [0.5, 0.6) is 0 Å². The van der Waals surface area contributed by atoms with E-state index in [0.717, 1.165) is 25.3 Å². The Bertz CT molecular complexity index is 784. The Kier molecular flexibility index (Phi) is 6.05. The molecule has 8 heteroatoms. The van der Waals surface area contributed by atoms with Crippen molar-refractivity contribution in [2.45, 2.75) is 32.7 Å². The fourth-order valence-electron chi connectivity index (χ4n) is 3.11. The molecule has 1 fully saturated rings. The topological polar surface area (TPSA) is 92.2 Å². The van der Waals surface area contributed by atoms with Crippen molar-refractivity contribution in [3.8, 4) is 0 Å². The third kappa shape index (κ3) is 4.84. The molecule has 2 aromatic heterocycles. The number of pyridine rings is 1. The third-order valence-corrected chi connectivity index (χ3v) is 4.50. The van der Waals surface area contributed by atoms with Crippen LogP contribution in [0.1, 0.15) is 42.4 Å². The number of anilines is 1. The summed E-state index contributed by atoms with van der Waals surface area (Å²) in [6.07, 6.45) is 6.17. The summed E-state index contributed by atoms with van der Waals surface area (Å²) in [6, 6.07) is 3.53. The highest BCUT2D eigenvalue weighted by Crippen LogP contribution is 2.13. The van der Waals surface area contributed by atoms with E-state index in [1.165, 1.54) is 0 Å². The average Bonchev–Trinajstić information content (AvgIpc) is 3.14. The predicted octanol–water partition coefficient (Wildman–Crippen LogP) is 1.16. The van der Waals surface area contributed by atoms with E-state index in [4.69, 9.17) is 0 Å². The van der Waals surface area contributed by atoms with Crippen LogP contribution in [0.2, 0.25) is 0 Å². The maximum atomic E-state index is 12.3. The summed E-state index contributed by atoms with van der Waals surface area (Å²) in [7, 11) is 0. The molecule has 0 bridgehead atoms. The number of aromatic nitrogens is 3. The number of hydrogen-bond donors (Lipinski definition) is 2. The largest absolute Gasteiger partial charge is 0.353 e. The zero-order chi connectivity index (χ0) is 19.2. The molecule has 0 atom stereocenters. The van der Waals surface area contributed by atoms with E-state index in [1.807, 2.05) is 17.3 Å². The zero-order valence-electron chi connectivity index (χ0n) is 15.8. The maximum absolute atomic E-state index is 12.3. The SMILES string of the molecule is CC(C)c1nccn1CCCNC(=O)c1ccc(N2CCNC(=O)C2)nc1. The molecule has 1 aliphatic heterocycles. The number of carbonyl (C=O) groups is 2. The van der Waals surface area contributed by atoms with Gasteiger partial charge in [0.1, 0.15) is 11.6 Å². The van der Waals surface area contributed by atoms with Crippen LogP contribution >= 0.6 is 0 Å². The molecule has 0 saturated carbocycles. The van der Waals surface area contributed by atoms with Gasteiger partial charge >= 0.3 is 0 Å². The molecule has 1 saturated heterocycles. The normalized spacial score (nSPS) is 14.3. The molecular formula is C19H26N6O2. The Labute approximate surface area is 159 Å². The Morgan fingerprint density at radius 1 is 1.33 bits per heavy atom. The molecule has 0 aliphatic carbocycles. The van der Waals surface area contributed by atoms with E-state index in [0.29, 0.717) is 36.9 Å². The first-order valence-corrected chi connectivity index (χ1v) is 9.31. The Morgan fingerprint density at radius 3 is 2.89 bits per heavy atom. The molecule has 3 rings (SSSR count). The van der Waals surface area contributed by atoms with Crippen molar-refractivity contribution in [2.24, 2.45) is 0 Å². The van der Waals surface area contributed by atoms with Crippen LogP contribution < -0.4 is 15.5 Å². The van der Waals surface area contributed by atoms with Crippen molar-refractivity contribution >= 4 is 17.6 Å². The van der Waals surface area contributed by atoms with Gasteiger partial charge in [0, 0.05) is 50.7 Å². The molecule has 0 spiro atoms. The fourth-order valence-corrected chi connectivity index (χ4v) is 3.11. The van der Waals surface area contributed by atoms with E-state index < -0.39 is 0 Å². The van der Waals surface area contributed by atoms with Gasteiger partial charge in [-0.25, -0.2) is 9.97 Å². The molecule has 2 amide bonds. The van der Waals surface area contributed by atoms with Gasteiger partial charge in [0.15, 0.2) is 0 Å². The first-order valence-electron chi connectivity index (χ1n) is 9.31. The molecule has 2 aromatic rings. The monoisotopic (exact) mass is 370 g/mol.